The molecule has 0 aliphatic rings. The normalized spacial score (nSPS) is 10.3. The summed E-state index contributed by atoms with van der Waals surface area (Å²) in [5.74, 6) is 0. The van der Waals surface area contributed by atoms with Gasteiger partial charge in [0.2, 0.25) is 0 Å². The highest BCUT2D eigenvalue weighted by molar-refractivity contribution is 6.35. The molecule has 0 amide bonds. The van der Waals surface area contributed by atoms with Crippen molar-refractivity contribution in [2.75, 3.05) is 5.32 Å². The summed E-state index contributed by atoms with van der Waals surface area (Å²) in [6.07, 6.45) is 3.53. The number of aryl methyl sites for hydroxylation is 1. The van der Waals surface area contributed by atoms with E-state index in [4.69, 9.17) is 23.2 Å². The van der Waals surface area contributed by atoms with Gasteiger partial charge in [-0.2, -0.15) is 0 Å². The molecule has 17 heavy (non-hydrogen) atoms. The van der Waals surface area contributed by atoms with Crippen LogP contribution in [0.1, 0.15) is 11.1 Å². The lowest BCUT2D eigenvalue weighted by Gasteiger charge is -2.10. The molecule has 0 saturated carbocycles. The van der Waals surface area contributed by atoms with E-state index in [0.717, 1.165) is 16.8 Å². The van der Waals surface area contributed by atoms with E-state index >= 15 is 0 Å². The van der Waals surface area contributed by atoms with E-state index in [-0.39, 0.29) is 0 Å². The molecule has 88 valence electrons. The highest BCUT2D eigenvalue weighted by Gasteiger charge is 2.04. The lowest BCUT2D eigenvalue weighted by atomic mass is 10.2. The minimum absolute atomic E-state index is 0.681. The van der Waals surface area contributed by atoms with Gasteiger partial charge in [-0.15, -0.1) is 0 Å². The van der Waals surface area contributed by atoms with Gasteiger partial charge in [0.25, 0.3) is 0 Å². The van der Waals surface area contributed by atoms with Crippen LogP contribution >= 0.6 is 23.2 Å². The summed E-state index contributed by atoms with van der Waals surface area (Å²) in [5, 5.41) is 4.65. The Bertz CT molecular complexity index is 512. The van der Waals surface area contributed by atoms with Gasteiger partial charge in [0.15, 0.2) is 0 Å². The number of anilines is 1. The third kappa shape index (κ3) is 3.11. The van der Waals surface area contributed by atoms with Crippen molar-refractivity contribution in [3.05, 3.63) is 57.8 Å². The summed E-state index contributed by atoms with van der Waals surface area (Å²) in [4.78, 5) is 3.97. The first-order valence-electron chi connectivity index (χ1n) is 5.25. The third-order valence-electron chi connectivity index (χ3n) is 2.48. The van der Waals surface area contributed by atoms with Crippen molar-refractivity contribution in [3.63, 3.8) is 0 Å². The van der Waals surface area contributed by atoms with Crippen molar-refractivity contribution in [2.24, 2.45) is 0 Å². The summed E-state index contributed by atoms with van der Waals surface area (Å²) in [7, 11) is 0. The van der Waals surface area contributed by atoms with Gasteiger partial charge in [-0.1, -0.05) is 23.2 Å². The highest BCUT2D eigenvalue weighted by Crippen LogP contribution is 2.29. The number of nitrogens with zero attached hydrogens (tertiary/aromatic N) is 1. The average Bonchev–Trinajstić information content (AvgIpc) is 2.33. The number of rotatable bonds is 3. The Hall–Kier alpha value is -1.25. The molecule has 1 aromatic heterocycles. The van der Waals surface area contributed by atoms with Crippen molar-refractivity contribution in [1.82, 2.24) is 4.98 Å². The van der Waals surface area contributed by atoms with Crippen LogP contribution in [0.5, 0.6) is 0 Å². The fourth-order valence-electron chi connectivity index (χ4n) is 1.48. The summed E-state index contributed by atoms with van der Waals surface area (Å²) in [6.45, 7) is 2.63. The Morgan fingerprint density at radius 1 is 1.12 bits per heavy atom. The molecule has 0 radical (unpaired) electrons. The number of hydrogen-bond donors (Lipinski definition) is 1. The molecule has 0 aliphatic heterocycles. The standard InChI is InChI=1S/C13H12Cl2N2/c1-9-6-12(15)13(7-11(9)14)17-8-10-2-4-16-5-3-10/h2-7,17H,8H2,1H3. The van der Waals surface area contributed by atoms with Crippen LogP contribution in [0.4, 0.5) is 5.69 Å². The number of nitrogens with one attached hydrogen (secondary N) is 1. The van der Waals surface area contributed by atoms with Gasteiger partial charge in [-0.3, -0.25) is 4.98 Å². The molecule has 4 heteroatoms. The van der Waals surface area contributed by atoms with Crippen LogP contribution in [0.25, 0.3) is 0 Å². The van der Waals surface area contributed by atoms with Crippen LogP contribution in [0.15, 0.2) is 36.7 Å². The van der Waals surface area contributed by atoms with Crippen LogP contribution < -0.4 is 5.32 Å². The molecule has 1 N–H and O–H groups in total. The smallest absolute Gasteiger partial charge is 0.0641 e. The predicted octanol–water partition coefficient (Wildman–Crippen LogP) is 4.31. The lowest BCUT2D eigenvalue weighted by Crippen LogP contribution is -2.00. The maximum Gasteiger partial charge on any atom is 0.0641 e. The van der Waals surface area contributed by atoms with Gasteiger partial charge in [0.05, 0.1) is 10.7 Å². The molecule has 0 aliphatic carbocycles. The van der Waals surface area contributed by atoms with Gasteiger partial charge in [-0.25, -0.2) is 0 Å². The molecule has 2 aromatic rings. The van der Waals surface area contributed by atoms with Gasteiger partial charge in [0.1, 0.15) is 0 Å². The fourth-order valence-corrected chi connectivity index (χ4v) is 1.93. The minimum atomic E-state index is 0.681. The molecule has 0 bridgehead atoms. The van der Waals surface area contributed by atoms with Crippen LogP contribution in [0, 0.1) is 6.92 Å². The average molecular weight is 267 g/mol. The molecule has 0 saturated heterocycles. The number of halogens is 2. The van der Waals surface area contributed by atoms with Crippen molar-refractivity contribution in [1.29, 1.82) is 0 Å². The summed E-state index contributed by atoms with van der Waals surface area (Å²) < 4.78 is 0. The maximum absolute atomic E-state index is 6.13. The highest BCUT2D eigenvalue weighted by atomic mass is 35.5. The van der Waals surface area contributed by atoms with Crippen molar-refractivity contribution in [3.8, 4) is 0 Å². The first kappa shape index (κ1) is 12.2. The molecule has 1 heterocycles. The Balaban J connectivity index is 2.12. The van der Waals surface area contributed by atoms with E-state index in [1.54, 1.807) is 12.4 Å². The summed E-state index contributed by atoms with van der Waals surface area (Å²) in [5.41, 5.74) is 2.97. The molecule has 0 fully saturated rings. The maximum atomic E-state index is 6.13. The number of hydrogen-bond acceptors (Lipinski definition) is 2. The van der Waals surface area contributed by atoms with E-state index < -0.39 is 0 Å². The van der Waals surface area contributed by atoms with Crippen molar-refractivity contribution in [2.45, 2.75) is 13.5 Å². The Morgan fingerprint density at radius 2 is 1.82 bits per heavy atom. The monoisotopic (exact) mass is 266 g/mol. The molecular formula is C13H12Cl2N2. The van der Waals surface area contributed by atoms with Crippen molar-refractivity contribution < 1.29 is 0 Å². The molecule has 1 aromatic carbocycles. The second-order valence-corrected chi connectivity index (χ2v) is 4.60. The fraction of sp³-hybridized carbons (Fsp3) is 0.154. The molecule has 0 spiro atoms. The Kier molecular flexibility index (Phi) is 3.87. The molecule has 2 nitrogen and oxygen atoms in total. The van der Waals surface area contributed by atoms with Gasteiger partial charge >= 0.3 is 0 Å². The summed E-state index contributed by atoms with van der Waals surface area (Å²) in [6, 6.07) is 7.62. The lowest BCUT2D eigenvalue weighted by molar-refractivity contribution is 1.13. The third-order valence-corrected chi connectivity index (χ3v) is 3.20. The zero-order chi connectivity index (χ0) is 12.3. The molecule has 0 unspecified atom stereocenters. The first-order valence-corrected chi connectivity index (χ1v) is 6.01. The second kappa shape index (κ2) is 5.39. The topological polar surface area (TPSA) is 24.9 Å². The van der Waals surface area contributed by atoms with Gasteiger partial charge in [0, 0.05) is 24.0 Å². The molecule has 2 rings (SSSR count). The van der Waals surface area contributed by atoms with Crippen LogP contribution in [0.3, 0.4) is 0 Å². The van der Waals surface area contributed by atoms with Gasteiger partial charge in [-0.05, 0) is 42.3 Å². The number of benzene rings is 1. The predicted molar refractivity (Wildman–Crippen MR) is 72.8 cm³/mol. The number of pyridine rings is 1. The van der Waals surface area contributed by atoms with E-state index in [2.05, 4.69) is 10.3 Å². The van der Waals surface area contributed by atoms with E-state index in [0.29, 0.717) is 16.6 Å². The zero-order valence-electron chi connectivity index (χ0n) is 9.37. The second-order valence-electron chi connectivity index (χ2n) is 3.79. The number of aromatic nitrogens is 1. The van der Waals surface area contributed by atoms with Crippen LogP contribution in [-0.2, 0) is 6.54 Å². The Labute approximate surface area is 111 Å². The largest absolute Gasteiger partial charge is 0.380 e. The summed E-state index contributed by atoms with van der Waals surface area (Å²) >= 11 is 12.2. The van der Waals surface area contributed by atoms with E-state index in [1.807, 2.05) is 31.2 Å². The first-order chi connectivity index (χ1) is 8.16. The van der Waals surface area contributed by atoms with E-state index in [9.17, 15) is 0 Å². The Morgan fingerprint density at radius 3 is 2.53 bits per heavy atom. The van der Waals surface area contributed by atoms with Crippen molar-refractivity contribution >= 4 is 28.9 Å². The van der Waals surface area contributed by atoms with Gasteiger partial charge < -0.3 is 5.32 Å². The minimum Gasteiger partial charge on any atom is -0.380 e. The van der Waals surface area contributed by atoms with E-state index in [1.165, 1.54) is 0 Å². The quantitative estimate of drug-likeness (QED) is 0.896. The zero-order valence-corrected chi connectivity index (χ0v) is 10.9. The molecule has 0 atom stereocenters. The van der Waals surface area contributed by atoms with Crippen LogP contribution in [0.2, 0.25) is 10.0 Å². The van der Waals surface area contributed by atoms with Crippen LogP contribution in [-0.4, -0.2) is 4.98 Å². The molecular weight excluding hydrogens is 255 g/mol. The SMILES string of the molecule is Cc1cc(Cl)c(NCc2ccncc2)cc1Cl.